The van der Waals surface area contributed by atoms with Crippen molar-refractivity contribution >= 4 is 6.09 Å². The molecule has 1 amide bonds. The molecule has 6 nitrogen and oxygen atoms in total. The van der Waals surface area contributed by atoms with Gasteiger partial charge in [-0.2, -0.15) is 0 Å². The van der Waals surface area contributed by atoms with E-state index in [9.17, 15) is 4.79 Å². The molecule has 0 unspecified atom stereocenters. The van der Waals surface area contributed by atoms with Crippen molar-refractivity contribution in [3.05, 3.63) is 54.1 Å². The number of benzene rings is 1. The molecule has 2 heterocycles. The second-order valence-electron chi connectivity index (χ2n) is 7.40. The maximum atomic E-state index is 12.2. The predicted octanol–water partition coefficient (Wildman–Crippen LogP) is 3.10. The van der Waals surface area contributed by atoms with Crippen molar-refractivity contribution in [1.29, 1.82) is 0 Å². The van der Waals surface area contributed by atoms with E-state index in [-0.39, 0.29) is 18.2 Å². The van der Waals surface area contributed by atoms with Crippen molar-refractivity contribution in [3.63, 3.8) is 0 Å². The summed E-state index contributed by atoms with van der Waals surface area (Å²) in [5.41, 5.74) is 0.678. The molecule has 1 aliphatic rings. The minimum atomic E-state index is -0.469. The van der Waals surface area contributed by atoms with Crippen molar-refractivity contribution < 1.29 is 9.53 Å². The number of nitrogens with zero attached hydrogens (tertiary/aromatic N) is 2. The van der Waals surface area contributed by atoms with Gasteiger partial charge >= 0.3 is 6.09 Å². The number of amides is 1. The minimum Gasteiger partial charge on any atom is -0.444 e. The molecular formula is C19H26N4O2. The largest absolute Gasteiger partial charge is 0.444 e. The Balaban J connectivity index is 1.67. The topological polar surface area (TPSA) is 70.2 Å². The van der Waals surface area contributed by atoms with Crippen LogP contribution in [-0.4, -0.2) is 45.7 Å². The molecule has 0 radical (unpaired) electrons. The zero-order valence-electron chi connectivity index (χ0n) is 15.0. The fourth-order valence-electron chi connectivity index (χ4n) is 3.04. The van der Waals surface area contributed by atoms with Gasteiger partial charge in [0.1, 0.15) is 11.4 Å². The minimum absolute atomic E-state index is 0.0280. The number of imidazole rings is 1. The number of aromatic nitrogens is 2. The highest BCUT2D eigenvalue weighted by Gasteiger charge is 2.31. The second-order valence-corrected chi connectivity index (χ2v) is 7.40. The Bertz CT molecular complexity index is 679. The molecule has 0 saturated carbocycles. The van der Waals surface area contributed by atoms with E-state index in [4.69, 9.17) is 4.74 Å². The molecule has 0 spiro atoms. The normalized spacial score (nSPS) is 19.0. The van der Waals surface area contributed by atoms with Crippen molar-refractivity contribution in [2.75, 3.05) is 13.1 Å². The molecule has 2 aromatic rings. The van der Waals surface area contributed by atoms with Gasteiger partial charge in [-0.05, 0) is 32.8 Å². The Morgan fingerprint density at radius 1 is 1.36 bits per heavy atom. The van der Waals surface area contributed by atoms with Crippen molar-refractivity contribution in [3.8, 4) is 0 Å². The van der Waals surface area contributed by atoms with Gasteiger partial charge in [0.05, 0.1) is 6.04 Å². The van der Waals surface area contributed by atoms with E-state index in [0.29, 0.717) is 13.1 Å². The maximum absolute atomic E-state index is 12.2. The third kappa shape index (κ3) is 4.60. The lowest BCUT2D eigenvalue weighted by molar-refractivity contribution is 0.0290. The van der Waals surface area contributed by atoms with Crippen LogP contribution in [0, 0.1) is 0 Å². The van der Waals surface area contributed by atoms with Crippen LogP contribution in [0.5, 0.6) is 0 Å². The van der Waals surface area contributed by atoms with Crippen LogP contribution in [-0.2, 0) is 4.74 Å². The molecule has 6 heteroatoms. The third-order valence-electron chi connectivity index (χ3n) is 4.17. The number of rotatable bonds is 4. The van der Waals surface area contributed by atoms with E-state index in [1.165, 1.54) is 0 Å². The Morgan fingerprint density at radius 3 is 2.76 bits per heavy atom. The lowest BCUT2D eigenvalue weighted by Crippen LogP contribution is -2.39. The molecule has 1 aromatic carbocycles. The summed E-state index contributed by atoms with van der Waals surface area (Å²) in [6.45, 7) is 7.00. The monoisotopic (exact) mass is 342 g/mol. The fraction of sp³-hybridized carbons (Fsp3) is 0.474. The highest BCUT2D eigenvalue weighted by Crippen LogP contribution is 2.22. The highest BCUT2D eigenvalue weighted by molar-refractivity contribution is 5.68. The molecule has 1 saturated heterocycles. The zero-order valence-corrected chi connectivity index (χ0v) is 15.0. The molecule has 1 aromatic heterocycles. The first kappa shape index (κ1) is 17.5. The Morgan fingerprint density at radius 2 is 2.12 bits per heavy atom. The van der Waals surface area contributed by atoms with Crippen LogP contribution >= 0.6 is 0 Å². The molecule has 3 rings (SSSR count). The number of ether oxygens (including phenoxy) is 1. The summed E-state index contributed by atoms with van der Waals surface area (Å²) in [5, 5.41) is 3.64. The molecule has 1 fully saturated rings. The molecule has 25 heavy (non-hydrogen) atoms. The van der Waals surface area contributed by atoms with Gasteiger partial charge in [0, 0.05) is 31.5 Å². The Kier molecular flexibility index (Phi) is 5.08. The van der Waals surface area contributed by atoms with Crippen molar-refractivity contribution in [2.24, 2.45) is 0 Å². The number of likely N-dealkylation sites (tertiary alicyclic amines) is 1. The standard InChI is InChI=1S/C19H26N4O2/c1-19(2,3)25-18(24)23-12-9-15(13-23)22-16(17-20-10-11-21-17)14-7-5-4-6-8-14/h4-8,10-11,15-16,22H,9,12-13H2,1-3H3,(H,20,21)/t15-,16+/m1/s1. The average Bonchev–Trinajstić information content (AvgIpc) is 3.23. The van der Waals surface area contributed by atoms with Gasteiger partial charge in [-0.15, -0.1) is 0 Å². The first-order valence-electron chi connectivity index (χ1n) is 8.70. The van der Waals surface area contributed by atoms with Crippen LogP contribution in [0.1, 0.15) is 44.6 Å². The number of hydrogen-bond donors (Lipinski definition) is 2. The summed E-state index contributed by atoms with van der Waals surface area (Å²) in [5.74, 6) is 0.877. The number of carbonyl (C=O) groups is 1. The van der Waals surface area contributed by atoms with E-state index in [1.807, 2.05) is 45.2 Å². The molecule has 0 aliphatic carbocycles. The number of aromatic amines is 1. The fourth-order valence-corrected chi connectivity index (χ4v) is 3.04. The SMILES string of the molecule is CC(C)(C)OC(=O)N1CC[C@@H](N[C@@H](c2ccccc2)c2ncc[nH]2)C1. The average molecular weight is 342 g/mol. The summed E-state index contributed by atoms with van der Waals surface area (Å²) in [4.78, 5) is 21.6. The summed E-state index contributed by atoms with van der Waals surface area (Å²) < 4.78 is 5.47. The van der Waals surface area contributed by atoms with E-state index in [1.54, 1.807) is 11.1 Å². The number of nitrogens with one attached hydrogen (secondary N) is 2. The smallest absolute Gasteiger partial charge is 0.410 e. The first-order valence-corrected chi connectivity index (χ1v) is 8.70. The molecule has 0 bridgehead atoms. The van der Waals surface area contributed by atoms with Gasteiger partial charge in [-0.3, -0.25) is 5.32 Å². The Labute approximate surface area is 148 Å². The predicted molar refractivity (Wildman–Crippen MR) is 96.2 cm³/mol. The summed E-state index contributed by atoms with van der Waals surface area (Å²) in [6.07, 6.45) is 4.23. The van der Waals surface area contributed by atoms with Crippen LogP contribution in [0.15, 0.2) is 42.7 Å². The molecule has 1 aliphatic heterocycles. The Hall–Kier alpha value is -2.34. The number of hydrogen-bond acceptors (Lipinski definition) is 4. The molecule has 134 valence electrons. The quantitative estimate of drug-likeness (QED) is 0.896. The van der Waals surface area contributed by atoms with Crippen LogP contribution in [0.25, 0.3) is 0 Å². The van der Waals surface area contributed by atoms with Gasteiger partial charge in [-0.25, -0.2) is 9.78 Å². The van der Waals surface area contributed by atoms with Gasteiger partial charge in [0.15, 0.2) is 0 Å². The lowest BCUT2D eigenvalue weighted by Gasteiger charge is -2.25. The van der Waals surface area contributed by atoms with Crippen LogP contribution in [0.2, 0.25) is 0 Å². The van der Waals surface area contributed by atoms with E-state index in [0.717, 1.165) is 17.8 Å². The molecule has 2 atom stereocenters. The van der Waals surface area contributed by atoms with Gasteiger partial charge in [-0.1, -0.05) is 30.3 Å². The van der Waals surface area contributed by atoms with E-state index < -0.39 is 5.60 Å². The molecule has 2 N–H and O–H groups in total. The third-order valence-corrected chi connectivity index (χ3v) is 4.17. The molecular weight excluding hydrogens is 316 g/mol. The summed E-state index contributed by atoms with van der Waals surface area (Å²) in [6, 6.07) is 10.4. The lowest BCUT2D eigenvalue weighted by atomic mass is 10.0. The van der Waals surface area contributed by atoms with Crippen molar-refractivity contribution in [2.45, 2.75) is 44.9 Å². The maximum Gasteiger partial charge on any atom is 0.410 e. The summed E-state index contributed by atoms with van der Waals surface area (Å²) >= 11 is 0. The van der Waals surface area contributed by atoms with Gasteiger partial charge in [0.2, 0.25) is 0 Å². The van der Waals surface area contributed by atoms with Crippen molar-refractivity contribution in [1.82, 2.24) is 20.2 Å². The zero-order chi connectivity index (χ0) is 17.9. The van der Waals surface area contributed by atoms with E-state index in [2.05, 4.69) is 27.4 Å². The van der Waals surface area contributed by atoms with Crippen LogP contribution < -0.4 is 5.32 Å². The van der Waals surface area contributed by atoms with Crippen LogP contribution in [0.3, 0.4) is 0 Å². The summed E-state index contributed by atoms with van der Waals surface area (Å²) in [7, 11) is 0. The number of carbonyl (C=O) groups excluding carboxylic acids is 1. The van der Waals surface area contributed by atoms with Crippen LogP contribution in [0.4, 0.5) is 4.79 Å². The highest BCUT2D eigenvalue weighted by atomic mass is 16.6. The van der Waals surface area contributed by atoms with Gasteiger partial charge < -0.3 is 14.6 Å². The second kappa shape index (κ2) is 7.27. The van der Waals surface area contributed by atoms with Gasteiger partial charge in [0.25, 0.3) is 0 Å². The number of H-pyrrole nitrogens is 1. The van der Waals surface area contributed by atoms with E-state index >= 15 is 0 Å². The first-order chi connectivity index (χ1) is 11.9.